The van der Waals surface area contributed by atoms with Crippen LogP contribution in [0.15, 0.2) is 54.6 Å². The zero-order valence-electron chi connectivity index (χ0n) is 20.0. The van der Waals surface area contributed by atoms with Crippen molar-refractivity contribution in [2.45, 2.75) is 26.3 Å². The van der Waals surface area contributed by atoms with E-state index in [1.807, 2.05) is 35.2 Å². The highest BCUT2D eigenvalue weighted by Gasteiger charge is 2.29. The van der Waals surface area contributed by atoms with E-state index in [1.165, 1.54) is 5.56 Å². The second-order valence-corrected chi connectivity index (χ2v) is 9.10. The van der Waals surface area contributed by atoms with E-state index in [2.05, 4.69) is 53.4 Å². The summed E-state index contributed by atoms with van der Waals surface area (Å²) in [5.41, 5.74) is 5.23. The van der Waals surface area contributed by atoms with Crippen molar-refractivity contribution < 1.29 is 4.79 Å². The van der Waals surface area contributed by atoms with Crippen LogP contribution in [0.25, 0.3) is 11.4 Å². The smallest absolute Gasteiger partial charge is 0.322 e. The first kappa shape index (κ1) is 22.3. The molecule has 0 atom stereocenters. The number of benzene rings is 2. The molecular weight excluding hydrogens is 424 g/mol. The van der Waals surface area contributed by atoms with Crippen LogP contribution in [0.4, 0.5) is 16.3 Å². The maximum atomic E-state index is 13.1. The number of amides is 2. The summed E-state index contributed by atoms with van der Waals surface area (Å²) in [6, 6.07) is 18.2. The first-order valence-corrected chi connectivity index (χ1v) is 12.1. The van der Waals surface area contributed by atoms with E-state index >= 15 is 0 Å². The van der Waals surface area contributed by atoms with Crippen LogP contribution < -0.4 is 10.2 Å². The third-order valence-electron chi connectivity index (χ3n) is 6.77. The van der Waals surface area contributed by atoms with E-state index in [0.717, 1.165) is 73.2 Å². The van der Waals surface area contributed by atoms with Crippen molar-refractivity contribution in [1.82, 2.24) is 19.8 Å². The van der Waals surface area contributed by atoms with Crippen LogP contribution in [0.3, 0.4) is 0 Å². The van der Waals surface area contributed by atoms with Crippen molar-refractivity contribution in [2.75, 3.05) is 50.0 Å². The van der Waals surface area contributed by atoms with E-state index in [4.69, 9.17) is 9.97 Å². The lowest BCUT2D eigenvalue weighted by molar-refractivity contribution is 0.206. The number of nitrogens with one attached hydrogen (secondary N) is 1. The number of urea groups is 1. The van der Waals surface area contributed by atoms with E-state index < -0.39 is 0 Å². The molecule has 2 amide bonds. The normalized spacial score (nSPS) is 16.3. The predicted molar refractivity (Wildman–Crippen MR) is 136 cm³/mol. The van der Waals surface area contributed by atoms with Gasteiger partial charge in [0.25, 0.3) is 0 Å². The lowest BCUT2D eigenvalue weighted by Crippen LogP contribution is -2.46. The van der Waals surface area contributed by atoms with Crippen LogP contribution in [-0.4, -0.2) is 65.6 Å². The minimum absolute atomic E-state index is 0.0774. The number of rotatable bonds is 4. The summed E-state index contributed by atoms with van der Waals surface area (Å²) in [6.45, 7) is 7.12. The van der Waals surface area contributed by atoms with Gasteiger partial charge >= 0.3 is 6.03 Å². The molecule has 2 aliphatic heterocycles. The maximum absolute atomic E-state index is 13.1. The Morgan fingerprint density at radius 3 is 2.38 bits per heavy atom. The number of nitrogens with zero attached hydrogens (tertiary/aromatic N) is 5. The van der Waals surface area contributed by atoms with E-state index in [9.17, 15) is 4.79 Å². The number of carbonyl (C=O) groups excluding carboxylic acids is 1. The lowest BCUT2D eigenvalue weighted by atomic mass is 10.0. The van der Waals surface area contributed by atoms with Crippen molar-refractivity contribution in [2.24, 2.45) is 0 Å². The van der Waals surface area contributed by atoms with E-state index in [1.54, 1.807) is 0 Å². The molecular formula is C27H32N6O. The van der Waals surface area contributed by atoms with Gasteiger partial charge in [-0.25, -0.2) is 14.8 Å². The molecule has 3 heterocycles. The number of aromatic nitrogens is 2. The summed E-state index contributed by atoms with van der Waals surface area (Å²) >= 11 is 0. The third-order valence-corrected chi connectivity index (χ3v) is 6.77. The molecule has 1 aromatic heterocycles. The molecule has 1 N–H and O–H groups in total. The highest BCUT2D eigenvalue weighted by molar-refractivity contribution is 5.89. The Bertz CT molecular complexity index is 1140. The van der Waals surface area contributed by atoms with Gasteiger partial charge in [0.05, 0.1) is 12.2 Å². The van der Waals surface area contributed by atoms with Crippen molar-refractivity contribution in [1.29, 1.82) is 0 Å². The second kappa shape index (κ2) is 9.81. The van der Waals surface area contributed by atoms with Crippen LogP contribution in [0, 0.1) is 0 Å². The highest BCUT2D eigenvalue weighted by atomic mass is 16.2. The Kier molecular flexibility index (Phi) is 6.45. The Hall–Kier alpha value is -3.45. The zero-order valence-corrected chi connectivity index (χ0v) is 20.0. The SMILES string of the molecule is CCc1ccc(NC(=O)N2CCc3nc(-c4ccccc4)nc(N4CCN(C)CC4)c3C2)cc1. The molecule has 176 valence electrons. The highest BCUT2D eigenvalue weighted by Crippen LogP contribution is 2.30. The molecule has 0 aliphatic carbocycles. The average Bonchev–Trinajstić information content (AvgIpc) is 2.89. The van der Waals surface area contributed by atoms with Gasteiger partial charge < -0.3 is 20.0 Å². The fourth-order valence-electron chi connectivity index (χ4n) is 4.59. The molecule has 5 rings (SSSR count). The largest absolute Gasteiger partial charge is 0.354 e. The van der Waals surface area contributed by atoms with Gasteiger partial charge in [-0.2, -0.15) is 0 Å². The number of hydrogen-bond donors (Lipinski definition) is 1. The van der Waals surface area contributed by atoms with Crippen molar-refractivity contribution in [3.63, 3.8) is 0 Å². The standard InChI is InChI=1S/C27H32N6O/c1-3-20-9-11-22(12-10-20)28-27(34)33-14-13-24-23(19-33)26(32-17-15-31(2)16-18-32)30-25(29-24)21-7-5-4-6-8-21/h4-12H,3,13-19H2,1-2H3,(H,28,34). The first-order chi connectivity index (χ1) is 16.6. The minimum atomic E-state index is -0.0774. The molecule has 34 heavy (non-hydrogen) atoms. The molecule has 1 fully saturated rings. The third kappa shape index (κ3) is 4.75. The van der Waals surface area contributed by atoms with Gasteiger partial charge in [-0.1, -0.05) is 49.4 Å². The monoisotopic (exact) mass is 456 g/mol. The number of hydrogen-bond acceptors (Lipinski definition) is 5. The molecule has 7 nitrogen and oxygen atoms in total. The Labute approximate surface area is 201 Å². The fourth-order valence-corrected chi connectivity index (χ4v) is 4.59. The van der Waals surface area contributed by atoms with Gasteiger partial charge in [0.1, 0.15) is 5.82 Å². The van der Waals surface area contributed by atoms with Crippen molar-refractivity contribution in [3.8, 4) is 11.4 Å². The summed E-state index contributed by atoms with van der Waals surface area (Å²) in [5.74, 6) is 1.74. The number of carbonyl (C=O) groups is 1. The average molecular weight is 457 g/mol. The Morgan fingerprint density at radius 1 is 0.941 bits per heavy atom. The molecule has 0 saturated carbocycles. The zero-order chi connectivity index (χ0) is 23.5. The number of fused-ring (bicyclic) bond motifs is 1. The lowest BCUT2D eigenvalue weighted by Gasteiger charge is -2.37. The van der Waals surface area contributed by atoms with Gasteiger partial charge in [0, 0.05) is 56.0 Å². The summed E-state index contributed by atoms with van der Waals surface area (Å²) in [5, 5.41) is 3.06. The molecule has 1 saturated heterocycles. The van der Waals surface area contributed by atoms with Gasteiger partial charge in [-0.15, -0.1) is 0 Å². The molecule has 2 aromatic carbocycles. The van der Waals surface area contributed by atoms with E-state index in [-0.39, 0.29) is 6.03 Å². The topological polar surface area (TPSA) is 64.6 Å². The Balaban J connectivity index is 1.42. The first-order valence-electron chi connectivity index (χ1n) is 12.1. The molecule has 0 spiro atoms. The van der Waals surface area contributed by atoms with Gasteiger partial charge in [0.15, 0.2) is 5.82 Å². The van der Waals surface area contributed by atoms with Crippen molar-refractivity contribution >= 4 is 17.5 Å². The van der Waals surface area contributed by atoms with E-state index in [0.29, 0.717) is 13.1 Å². The van der Waals surface area contributed by atoms with Gasteiger partial charge in [-0.3, -0.25) is 0 Å². The summed E-state index contributed by atoms with van der Waals surface area (Å²) in [4.78, 5) is 29.7. The number of anilines is 2. The van der Waals surface area contributed by atoms with Crippen LogP contribution in [0.2, 0.25) is 0 Å². The van der Waals surface area contributed by atoms with Crippen LogP contribution in [0.1, 0.15) is 23.7 Å². The molecule has 0 radical (unpaired) electrons. The Morgan fingerprint density at radius 2 is 1.68 bits per heavy atom. The maximum Gasteiger partial charge on any atom is 0.322 e. The molecule has 3 aromatic rings. The molecule has 0 bridgehead atoms. The fraction of sp³-hybridized carbons (Fsp3) is 0.370. The van der Waals surface area contributed by atoms with Gasteiger partial charge in [-0.05, 0) is 31.2 Å². The molecule has 2 aliphatic rings. The van der Waals surface area contributed by atoms with Crippen molar-refractivity contribution in [3.05, 3.63) is 71.4 Å². The predicted octanol–water partition coefficient (Wildman–Crippen LogP) is 4.05. The van der Waals surface area contributed by atoms with Crippen LogP contribution in [0.5, 0.6) is 0 Å². The summed E-state index contributed by atoms with van der Waals surface area (Å²) in [7, 11) is 2.15. The molecule has 7 heteroatoms. The number of piperazine rings is 1. The van der Waals surface area contributed by atoms with Crippen LogP contribution >= 0.6 is 0 Å². The summed E-state index contributed by atoms with van der Waals surface area (Å²) in [6.07, 6.45) is 1.71. The second-order valence-electron chi connectivity index (χ2n) is 9.10. The van der Waals surface area contributed by atoms with Gasteiger partial charge in [0.2, 0.25) is 0 Å². The molecule has 0 unspecified atom stereocenters. The summed E-state index contributed by atoms with van der Waals surface area (Å²) < 4.78 is 0. The van der Waals surface area contributed by atoms with Crippen LogP contribution in [-0.2, 0) is 19.4 Å². The number of likely N-dealkylation sites (N-methyl/N-ethyl adjacent to an activating group) is 1. The number of aryl methyl sites for hydroxylation is 1. The quantitative estimate of drug-likeness (QED) is 0.642. The minimum Gasteiger partial charge on any atom is -0.354 e.